The van der Waals surface area contributed by atoms with Gasteiger partial charge in [0.25, 0.3) is 5.91 Å². The number of benzene rings is 1. The van der Waals surface area contributed by atoms with Gasteiger partial charge in [-0.15, -0.1) is 5.10 Å². The number of halogens is 1. The molecule has 2 aliphatic rings. The van der Waals surface area contributed by atoms with Gasteiger partial charge in [-0.1, -0.05) is 36.1 Å². The lowest BCUT2D eigenvalue weighted by atomic mass is 9.96. The average Bonchev–Trinajstić information content (AvgIpc) is 3.03. The zero-order valence-electron chi connectivity index (χ0n) is 14.0. The van der Waals surface area contributed by atoms with Crippen LogP contribution in [0.25, 0.3) is 0 Å². The van der Waals surface area contributed by atoms with Crippen LogP contribution >= 0.6 is 11.6 Å². The molecule has 0 bridgehead atoms. The highest BCUT2D eigenvalue weighted by Crippen LogP contribution is 2.28. The zero-order chi connectivity index (χ0) is 17.2. The smallest absolute Gasteiger partial charge is 0.276 e. The van der Waals surface area contributed by atoms with E-state index in [-0.39, 0.29) is 5.91 Å². The maximum atomic E-state index is 12.9. The fraction of sp³-hybridized carbons (Fsp3) is 0.500. The summed E-state index contributed by atoms with van der Waals surface area (Å²) in [7, 11) is 0. The fourth-order valence-corrected chi connectivity index (χ4v) is 3.79. The SMILES string of the molecule is O=C(c1cn(C2CCCCC2)nn1)N1CCOc2ccc(Cl)cc2C1. The number of amides is 1. The minimum Gasteiger partial charge on any atom is -0.491 e. The molecule has 0 radical (unpaired) electrons. The van der Waals surface area contributed by atoms with Crippen LogP contribution in [0.3, 0.4) is 0 Å². The number of rotatable bonds is 2. The Labute approximate surface area is 151 Å². The number of carbonyl (C=O) groups excluding carboxylic acids is 1. The van der Waals surface area contributed by atoms with Crippen LogP contribution in [0.2, 0.25) is 5.02 Å². The molecule has 1 aliphatic heterocycles. The van der Waals surface area contributed by atoms with E-state index in [2.05, 4.69) is 10.3 Å². The summed E-state index contributed by atoms with van der Waals surface area (Å²) in [5.41, 5.74) is 1.31. The van der Waals surface area contributed by atoms with Crippen molar-refractivity contribution in [1.82, 2.24) is 19.9 Å². The van der Waals surface area contributed by atoms with E-state index in [4.69, 9.17) is 16.3 Å². The van der Waals surface area contributed by atoms with Crippen LogP contribution in [0.5, 0.6) is 5.75 Å². The van der Waals surface area contributed by atoms with Crippen molar-refractivity contribution < 1.29 is 9.53 Å². The molecule has 0 spiro atoms. The van der Waals surface area contributed by atoms with Crippen LogP contribution in [0.15, 0.2) is 24.4 Å². The Morgan fingerprint density at radius 3 is 2.92 bits per heavy atom. The number of hydrogen-bond donors (Lipinski definition) is 0. The highest BCUT2D eigenvalue weighted by molar-refractivity contribution is 6.30. The molecule has 0 saturated heterocycles. The summed E-state index contributed by atoms with van der Waals surface area (Å²) in [6.45, 7) is 1.43. The molecular formula is C18H21ClN4O2. The monoisotopic (exact) mass is 360 g/mol. The van der Waals surface area contributed by atoms with Gasteiger partial charge in [-0.05, 0) is 31.0 Å². The van der Waals surface area contributed by atoms with Crippen molar-refractivity contribution in [3.05, 3.63) is 40.7 Å². The largest absolute Gasteiger partial charge is 0.491 e. The second-order valence-corrected chi connectivity index (χ2v) is 7.14. The van der Waals surface area contributed by atoms with Crippen LogP contribution in [0, 0.1) is 0 Å². The summed E-state index contributed by atoms with van der Waals surface area (Å²) in [4.78, 5) is 14.6. The molecule has 1 saturated carbocycles. The first kappa shape index (κ1) is 16.4. The predicted octanol–water partition coefficient (Wildman–Crippen LogP) is 3.47. The molecule has 1 aliphatic carbocycles. The Morgan fingerprint density at radius 1 is 1.24 bits per heavy atom. The summed E-state index contributed by atoms with van der Waals surface area (Å²) in [5.74, 6) is 0.670. The van der Waals surface area contributed by atoms with Crippen molar-refractivity contribution in [2.45, 2.75) is 44.7 Å². The topological polar surface area (TPSA) is 60.2 Å². The molecule has 1 aromatic carbocycles. The molecular weight excluding hydrogens is 340 g/mol. The Kier molecular flexibility index (Phi) is 4.61. The number of nitrogens with zero attached hydrogens (tertiary/aromatic N) is 4. The quantitative estimate of drug-likeness (QED) is 0.822. The number of carbonyl (C=O) groups is 1. The Bertz CT molecular complexity index is 770. The highest BCUT2D eigenvalue weighted by atomic mass is 35.5. The fourth-order valence-electron chi connectivity index (χ4n) is 3.60. The second kappa shape index (κ2) is 7.04. The summed E-state index contributed by atoms with van der Waals surface area (Å²) < 4.78 is 7.59. The van der Waals surface area contributed by atoms with Gasteiger partial charge in [0.05, 0.1) is 18.8 Å². The lowest BCUT2D eigenvalue weighted by Crippen LogP contribution is -2.32. The summed E-state index contributed by atoms with van der Waals surface area (Å²) >= 11 is 6.08. The standard InChI is InChI=1S/C18H21ClN4O2/c19-14-6-7-17-13(10-14)11-22(8-9-25-17)18(24)16-12-23(21-20-16)15-4-2-1-3-5-15/h6-7,10,12,15H,1-5,8-9,11H2. The van der Waals surface area contributed by atoms with E-state index in [0.29, 0.717) is 36.5 Å². The first-order valence-corrected chi connectivity index (χ1v) is 9.21. The van der Waals surface area contributed by atoms with Crippen LogP contribution in [-0.2, 0) is 6.54 Å². The molecule has 1 fully saturated rings. The van der Waals surface area contributed by atoms with E-state index in [1.807, 2.05) is 16.8 Å². The third-order valence-electron chi connectivity index (χ3n) is 4.97. The van der Waals surface area contributed by atoms with Crippen LogP contribution in [0.1, 0.15) is 54.2 Å². The lowest BCUT2D eigenvalue weighted by Gasteiger charge is -2.21. The van der Waals surface area contributed by atoms with Gasteiger partial charge in [-0.25, -0.2) is 4.68 Å². The molecule has 6 nitrogen and oxygen atoms in total. The van der Waals surface area contributed by atoms with Gasteiger partial charge in [0, 0.05) is 17.1 Å². The number of aromatic nitrogens is 3. The van der Waals surface area contributed by atoms with Crippen molar-refractivity contribution >= 4 is 17.5 Å². The van der Waals surface area contributed by atoms with Gasteiger partial charge in [0.15, 0.2) is 5.69 Å². The van der Waals surface area contributed by atoms with Gasteiger partial charge in [0.2, 0.25) is 0 Å². The molecule has 7 heteroatoms. The first-order chi connectivity index (χ1) is 12.2. The summed E-state index contributed by atoms with van der Waals surface area (Å²) in [5, 5.41) is 8.97. The van der Waals surface area contributed by atoms with Gasteiger partial charge < -0.3 is 9.64 Å². The van der Waals surface area contributed by atoms with Crippen molar-refractivity contribution in [1.29, 1.82) is 0 Å². The van der Waals surface area contributed by atoms with E-state index in [9.17, 15) is 4.79 Å². The lowest BCUT2D eigenvalue weighted by molar-refractivity contribution is 0.0727. The second-order valence-electron chi connectivity index (χ2n) is 6.70. The van der Waals surface area contributed by atoms with E-state index >= 15 is 0 Å². The van der Waals surface area contributed by atoms with Gasteiger partial charge >= 0.3 is 0 Å². The molecule has 1 aromatic heterocycles. The molecule has 1 amide bonds. The number of hydrogen-bond acceptors (Lipinski definition) is 4. The molecule has 2 aromatic rings. The minimum absolute atomic E-state index is 0.113. The minimum atomic E-state index is -0.113. The molecule has 132 valence electrons. The van der Waals surface area contributed by atoms with E-state index in [1.54, 1.807) is 17.2 Å². The third-order valence-corrected chi connectivity index (χ3v) is 5.20. The van der Waals surface area contributed by atoms with Crippen molar-refractivity contribution in [2.24, 2.45) is 0 Å². The molecule has 0 unspecified atom stereocenters. The Hall–Kier alpha value is -2.08. The Balaban J connectivity index is 1.51. The normalized spacial score (nSPS) is 18.4. The molecule has 2 heterocycles. The molecule has 0 atom stereocenters. The zero-order valence-corrected chi connectivity index (χ0v) is 14.8. The maximum absolute atomic E-state index is 12.9. The molecule has 0 N–H and O–H groups in total. The first-order valence-electron chi connectivity index (χ1n) is 8.83. The van der Waals surface area contributed by atoms with Crippen LogP contribution in [0.4, 0.5) is 0 Å². The third kappa shape index (κ3) is 3.49. The summed E-state index contributed by atoms with van der Waals surface area (Å²) in [6, 6.07) is 5.87. The molecule has 25 heavy (non-hydrogen) atoms. The highest BCUT2D eigenvalue weighted by Gasteiger charge is 2.25. The van der Waals surface area contributed by atoms with E-state index in [1.165, 1.54) is 19.3 Å². The average molecular weight is 361 g/mol. The van der Waals surface area contributed by atoms with Crippen molar-refractivity contribution in [3.8, 4) is 5.75 Å². The van der Waals surface area contributed by atoms with Crippen LogP contribution in [-0.4, -0.2) is 39.0 Å². The van der Waals surface area contributed by atoms with Gasteiger partial charge in [-0.2, -0.15) is 0 Å². The van der Waals surface area contributed by atoms with Gasteiger partial charge in [-0.3, -0.25) is 4.79 Å². The van der Waals surface area contributed by atoms with Crippen molar-refractivity contribution in [3.63, 3.8) is 0 Å². The number of fused-ring (bicyclic) bond motifs is 1. The molecule has 4 rings (SSSR count). The predicted molar refractivity (Wildman–Crippen MR) is 93.8 cm³/mol. The van der Waals surface area contributed by atoms with Crippen LogP contribution < -0.4 is 4.74 Å². The number of ether oxygens (including phenoxy) is 1. The van der Waals surface area contributed by atoms with E-state index < -0.39 is 0 Å². The Morgan fingerprint density at radius 2 is 2.08 bits per heavy atom. The van der Waals surface area contributed by atoms with Crippen molar-refractivity contribution in [2.75, 3.05) is 13.2 Å². The van der Waals surface area contributed by atoms with E-state index in [0.717, 1.165) is 24.2 Å². The summed E-state index contributed by atoms with van der Waals surface area (Å²) in [6.07, 6.45) is 7.74. The van der Waals surface area contributed by atoms with Gasteiger partial charge in [0.1, 0.15) is 12.4 Å². The maximum Gasteiger partial charge on any atom is 0.276 e.